The number of hydrogen-bond acceptors (Lipinski definition) is 4. The smallest absolute Gasteiger partial charge is 0.254 e. The fourth-order valence-corrected chi connectivity index (χ4v) is 3.44. The van der Waals surface area contributed by atoms with E-state index in [1.165, 1.54) is 0 Å². The van der Waals surface area contributed by atoms with Crippen LogP contribution >= 0.6 is 24.0 Å². The van der Waals surface area contributed by atoms with Gasteiger partial charge >= 0.3 is 0 Å². The van der Waals surface area contributed by atoms with Crippen molar-refractivity contribution in [3.8, 4) is 11.5 Å². The number of amides is 1. The molecule has 2 rings (SSSR count). The molecule has 154 valence electrons. The molecule has 0 atom stereocenters. The van der Waals surface area contributed by atoms with Gasteiger partial charge in [0.2, 0.25) is 0 Å². The van der Waals surface area contributed by atoms with Gasteiger partial charge in [0, 0.05) is 18.7 Å². The standard InChI is InChI=1S/C20H31ClN2O3.ClH/c1-4-6-11-26-19-17(21)12-16(13-18(19)25-3)20(24)23-9-7-15(8-10-23)14-22-5-2;/h12-13,15,22H,4-11,14H2,1-3H3;1H. The summed E-state index contributed by atoms with van der Waals surface area (Å²) >= 11 is 6.37. The number of nitrogens with one attached hydrogen (secondary N) is 1. The van der Waals surface area contributed by atoms with Crippen LogP contribution in [0.3, 0.4) is 0 Å². The molecular formula is C20H32Cl2N2O3. The van der Waals surface area contributed by atoms with Crippen molar-refractivity contribution < 1.29 is 14.3 Å². The van der Waals surface area contributed by atoms with Gasteiger partial charge in [-0.15, -0.1) is 12.4 Å². The molecule has 27 heavy (non-hydrogen) atoms. The first-order valence-corrected chi connectivity index (χ1v) is 9.98. The Kier molecular flexibility index (Phi) is 10.9. The minimum atomic E-state index is 0. The highest BCUT2D eigenvalue weighted by Gasteiger charge is 2.25. The van der Waals surface area contributed by atoms with Gasteiger partial charge < -0.3 is 19.7 Å². The van der Waals surface area contributed by atoms with Crippen molar-refractivity contribution in [3.05, 3.63) is 22.7 Å². The van der Waals surface area contributed by atoms with Crippen LogP contribution in [0.25, 0.3) is 0 Å². The lowest BCUT2D eigenvalue weighted by Crippen LogP contribution is -2.40. The summed E-state index contributed by atoms with van der Waals surface area (Å²) in [4.78, 5) is 14.8. The molecule has 1 N–H and O–H groups in total. The third-order valence-corrected chi connectivity index (χ3v) is 5.09. The van der Waals surface area contributed by atoms with Crippen LogP contribution in [0.4, 0.5) is 0 Å². The zero-order valence-corrected chi connectivity index (χ0v) is 18.1. The number of nitrogens with zero attached hydrogens (tertiary/aromatic N) is 1. The summed E-state index contributed by atoms with van der Waals surface area (Å²) in [7, 11) is 1.57. The molecule has 5 nitrogen and oxygen atoms in total. The topological polar surface area (TPSA) is 50.8 Å². The van der Waals surface area contributed by atoms with Gasteiger partial charge in [-0.05, 0) is 50.4 Å². The van der Waals surface area contributed by atoms with Crippen LogP contribution in [-0.2, 0) is 0 Å². The molecule has 1 amide bonds. The molecule has 7 heteroatoms. The number of likely N-dealkylation sites (tertiary alicyclic amines) is 1. The highest BCUT2D eigenvalue weighted by atomic mass is 35.5. The number of carbonyl (C=O) groups is 1. The van der Waals surface area contributed by atoms with E-state index in [0.717, 1.165) is 51.9 Å². The van der Waals surface area contributed by atoms with Gasteiger partial charge in [-0.1, -0.05) is 31.9 Å². The van der Waals surface area contributed by atoms with Gasteiger partial charge in [-0.2, -0.15) is 0 Å². The highest BCUT2D eigenvalue weighted by molar-refractivity contribution is 6.32. The van der Waals surface area contributed by atoms with Gasteiger partial charge in [-0.25, -0.2) is 0 Å². The maximum atomic E-state index is 12.9. The van der Waals surface area contributed by atoms with E-state index < -0.39 is 0 Å². The van der Waals surface area contributed by atoms with Crippen molar-refractivity contribution in [1.29, 1.82) is 0 Å². The molecular weight excluding hydrogens is 387 g/mol. The van der Waals surface area contributed by atoms with E-state index in [-0.39, 0.29) is 18.3 Å². The zero-order valence-electron chi connectivity index (χ0n) is 16.6. The van der Waals surface area contributed by atoms with Crippen LogP contribution in [0.5, 0.6) is 11.5 Å². The van der Waals surface area contributed by atoms with Crippen molar-refractivity contribution in [3.63, 3.8) is 0 Å². The van der Waals surface area contributed by atoms with Crippen LogP contribution in [-0.4, -0.2) is 50.7 Å². The largest absolute Gasteiger partial charge is 0.493 e. The van der Waals surface area contributed by atoms with Crippen molar-refractivity contribution in [2.24, 2.45) is 5.92 Å². The maximum absolute atomic E-state index is 12.9. The highest BCUT2D eigenvalue weighted by Crippen LogP contribution is 2.37. The second kappa shape index (κ2) is 12.3. The molecule has 0 aromatic heterocycles. The quantitative estimate of drug-likeness (QED) is 0.603. The number of unbranched alkanes of at least 4 members (excludes halogenated alkanes) is 1. The summed E-state index contributed by atoms with van der Waals surface area (Å²) in [6, 6.07) is 3.43. The summed E-state index contributed by atoms with van der Waals surface area (Å²) in [5, 5.41) is 3.81. The van der Waals surface area contributed by atoms with Crippen molar-refractivity contribution in [1.82, 2.24) is 10.2 Å². The average molecular weight is 419 g/mol. The van der Waals surface area contributed by atoms with Crippen LogP contribution in [0.1, 0.15) is 49.9 Å². The summed E-state index contributed by atoms with van der Waals surface area (Å²) in [5.41, 5.74) is 0.555. The number of hydrogen-bond donors (Lipinski definition) is 1. The van der Waals surface area contributed by atoms with E-state index in [4.69, 9.17) is 21.1 Å². The molecule has 0 aliphatic carbocycles. The lowest BCUT2D eigenvalue weighted by molar-refractivity contribution is 0.0690. The molecule has 1 heterocycles. The molecule has 1 aliphatic heterocycles. The Labute approximate surface area is 174 Å². The molecule has 1 fully saturated rings. The molecule has 0 spiro atoms. The Morgan fingerprint density at radius 2 is 2.00 bits per heavy atom. The van der Waals surface area contributed by atoms with Crippen LogP contribution < -0.4 is 14.8 Å². The third kappa shape index (κ3) is 6.74. The Morgan fingerprint density at radius 1 is 1.30 bits per heavy atom. The molecule has 1 aliphatic rings. The summed E-state index contributed by atoms with van der Waals surface area (Å²) in [5.74, 6) is 1.68. The molecule has 1 saturated heterocycles. The van der Waals surface area contributed by atoms with Crippen LogP contribution in [0.2, 0.25) is 5.02 Å². The SMILES string of the molecule is CCCCOc1c(Cl)cc(C(=O)N2CCC(CNCC)CC2)cc1OC.Cl. The first-order valence-electron chi connectivity index (χ1n) is 9.61. The second-order valence-electron chi connectivity index (χ2n) is 6.73. The third-order valence-electron chi connectivity index (χ3n) is 4.81. The van der Waals surface area contributed by atoms with Crippen molar-refractivity contribution in [2.45, 2.75) is 39.5 Å². The van der Waals surface area contributed by atoms with E-state index in [1.54, 1.807) is 19.2 Å². The molecule has 1 aromatic rings. The van der Waals surface area contributed by atoms with E-state index in [1.807, 2.05) is 4.90 Å². The number of rotatable bonds is 9. The van der Waals surface area contributed by atoms with E-state index in [2.05, 4.69) is 19.2 Å². The van der Waals surface area contributed by atoms with Crippen LogP contribution in [0.15, 0.2) is 12.1 Å². The summed E-state index contributed by atoms with van der Waals surface area (Å²) in [6.45, 7) is 8.38. The van der Waals surface area contributed by atoms with Gasteiger partial charge in [-0.3, -0.25) is 4.79 Å². The fourth-order valence-electron chi connectivity index (χ4n) is 3.17. The summed E-state index contributed by atoms with van der Waals surface area (Å²) < 4.78 is 11.2. The lowest BCUT2D eigenvalue weighted by Gasteiger charge is -2.32. The minimum Gasteiger partial charge on any atom is -0.493 e. The first kappa shape index (κ1) is 23.9. The molecule has 0 bridgehead atoms. The summed E-state index contributed by atoms with van der Waals surface area (Å²) in [6.07, 6.45) is 4.05. The lowest BCUT2D eigenvalue weighted by atomic mass is 9.96. The van der Waals surface area contributed by atoms with Crippen molar-refractivity contribution >= 4 is 29.9 Å². The van der Waals surface area contributed by atoms with E-state index in [9.17, 15) is 4.79 Å². The number of piperidine rings is 1. The molecule has 0 radical (unpaired) electrons. The zero-order chi connectivity index (χ0) is 18.9. The Balaban J connectivity index is 0.00000364. The molecule has 0 unspecified atom stereocenters. The number of halogens is 2. The number of methoxy groups -OCH3 is 1. The van der Waals surface area contributed by atoms with Gasteiger partial charge in [0.25, 0.3) is 5.91 Å². The molecule has 0 saturated carbocycles. The predicted molar refractivity (Wildman–Crippen MR) is 113 cm³/mol. The fraction of sp³-hybridized carbons (Fsp3) is 0.650. The average Bonchev–Trinajstić information content (AvgIpc) is 2.67. The number of benzene rings is 1. The van der Waals surface area contributed by atoms with E-state index >= 15 is 0 Å². The monoisotopic (exact) mass is 418 g/mol. The Morgan fingerprint density at radius 3 is 2.59 bits per heavy atom. The van der Waals surface area contributed by atoms with E-state index in [0.29, 0.717) is 34.6 Å². The minimum absolute atomic E-state index is 0. The second-order valence-corrected chi connectivity index (χ2v) is 7.14. The predicted octanol–water partition coefficient (Wildman–Crippen LogP) is 4.41. The van der Waals surface area contributed by atoms with Gasteiger partial charge in [0.05, 0.1) is 18.7 Å². The Bertz CT molecular complexity index is 591. The maximum Gasteiger partial charge on any atom is 0.254 e. The molecule has 1 aromatic carbocycles. The van der Waals surface area contributed by atoms with Crippen molar-refractivity contribution in [2.75, 3.05) is 39.9 Å². The normalized spacial score (nSPS) is 14.6. The number of ether oxygens (including phenoxy) is 2. The first-order chi connectivity index (χ1) is 12.6. The Hall–Kier alpha value is -1.17. The number of carbonyl (C=O) groups excluding carboxylic acids is 1. The van der Waals surface area contributed by atoms with Gasteiger partial charge in [0.15, 0.2) is 11.5 Å². The van der Waals surface area contributed by atoms with Gasteiger partial charge in [0.1, 0.15) is 0 Å². The van der Waals surface area contributed by atoms with Crippen LogP contribution in [0, 0.1) is 5.92 Å².